The molecule has 1 aromatic heterocycles. The van der Waals surface area contributed by atoms with Crippen molar-refractivity contribution in [2.45, 2.75) is 52.4 Å². The Morgan fingerprint density at radius 3 is 2.43 bits per heavy atom. The first kappa shape index (κ1) is 31.3. The van der Waals surface area contributed by atoms with E-state index in [-0.39, 0.29) is 23.4 Å². The van der Waals surface area contributed by atoms with Crippen LogP contribution < -0.4 is 5.32 Å². The molecule has 1 aliphatic rings. The van der Waals surface area contributed by atoms with Gasteiger partial charge in [-0.2, -0.15) is 5.06 Å². The van der Waals surface area contributed by atoms with Crippen molar-refractivity contribution in [3.05, 3.63) is 59.7 Å². The molecular formula is C31H39N5O5S. The summed E-state index contributed by atoms with van der Waals surface area (Å²) in [5.41, 5.74) is 2.96. The van der Waals surface area contributed by atoms with Gasteiger partial charge in [0.25, 0.3) is 5.91 Å². The van der Waals surface area contributed by atoms with Gasteiger partial charge in [-0.1, -0.05) is 66.6 Å². The molecule has 2 aromatic carbocycles. The largest absolute Gasteiger partial charge is 0.340 e. The van der Waals surface area contributed by atoms with E-state index in [1.54, 1.807) is 0 Å². The number of aromatic nitrogens is 1. The van der Waals surface area contributed by atoms with Crippen molar-refractivity contribution >= 4 is 50.3 Å². The fraction of sp³-hybridized carbons (Fsp3) is 0.452. The third-order valence-electron chi connectivity index (χ3n) is 7.58. The molecule has 2 heterocycles. The summed E-state index contributed by atoms with van der Waals surface area (Å²) >= 11 is 1.46. The number of unbranched alkanes of at least 4 members (excludes halogenated alkanes) is 2. The van der Waals surface area contributed by atoms with E-state index in [9.17, 15) is 24.4 Å². The number of hydrogen-bond acceptors (Lipinski definition) is 8. The fourth-order valence-electron chi connectivity index (χ4n) is 5.20. The van der Waals surface area contributed by atoms with Crippen molar-refractivity contribution in [2.75, 3.05) is 38.0 Å². The number of aryl methyl sites for hydroxylation is 1. The van der Waals surface area contributed by atoms with E-state index in [0.29, 0.717) is 63.4 Å². The van der Waals surface area contributed by atoms with E-state index < -0.39 is 17.7 Å². The summed E-state index contributed by atoms with van der Waals surface area (Å²) in [5.74, 6) is -1.82. The van der Waals surface area contributed by atoms with E-state index in [0.717, 1.165) is 34.7 Å². The van der Waals surface area contributed by atoms with Crippen molar-refractivity contribution in [1.82, 2.24) is 19.8 Å². The Bertz CT molecular complexity index is 1390. The molecule has 4 rings (SSSR count). The van der Waals surface area contributed by atoms with Gasteiger partial charge in [0.2, 0.25) is 17.7 Å². The number of imide groups is 1. The SMILES string of the molecule is CC(=O)N(O)C(=O)C(CCCCCC(=O)N1CCN(CC(=O)Nc2nc3c(C)cccc3s2)CC1)Cc1ccccc1. The zero-order chi connectivity index (χ0) is 30.1. The second kappa shape index (κ2) is 15.0. The van der Waals surface area contributed by atoms with Crippen LogP contribution in [0.4, 0.5) is 5.13 Å². The van der Waals surface area contributed by atoms with E-state index in [1.165, 1.54) is 11.3 Å². The predicted molar refractivity (Wildman–Crippen MR) is 162 cm³/mol. The predicted octanol–water partition coefficient (Wildman–Crippen LogP) is 4.26. The normalized spacial score (nSPS) is 14.5. The number of benzene rings is 2. The molecule has 11 heteroatoms. The van der Waals surface area contributed by atoms with Gasteiger partial charge in [0.1, 0.15) is 0 Å². The van der Waals surface area contributed by atoms with Crippen LogP contribution in [0, 0.1) is 12.8 Å². The van der Waals surface area contributed by atoms with E-state index in [1.807, 2.05) is 65.3 Å². The Hall–Kier alpha value is -3.67. The molecule has 2 N–H and O–H groups in total. The number of thiazole rings is 1. The Labute approximate surface area is 250 Å². The summed E-state index contributed by atoms with van der Waals surface area (Å²) < 4.78 is 1.04. The first-order valence-electron chi connectivity index (χ1n) is 14.4. The van der Waals surface area contributed by atoms with Crippen LogP contribution in [0.1, 0.15) is 50.2 Å². The second-order valence-corrected chi connectivity index (χ2v) is 11.8. The molecule has 10 nitrogen and oxygen atoms in total. The third-order valence-corrected chi connectivity index (χ3v) is 8.52. The summed E-state index contributed by atoms with van der Waals surface area (Å²) in [6.45, 7) is 5.85. The highest BCUT2D eigenvalue weighted by Crippen LogP contribution is 2.28. The van der Waals surface area contributed by atoms with Gasteiger partial charge >= 0.3 is 0 Å². The molecule has 224 valence electrons. The highest BCUT2D eigenvalue weighted by Gasteiger charge is 2.26. The van der Waals surface area contributed by atoms with Gasteiger partial charge in [-0.3, -0.25) is 29.3 Å². The molecule has 0 spiro atoms. The first-order chi connectivity index (χ1) is 20.2. The molecule has 0 radical (unpaired) electrons. The van der Waals surface area contributed by atoms with Gasteiger partial charge in [0.05, 0.1) is 16.8 Å². The topological polar surface area (TPSA) is 123 Å². The van der Waals surface area contributed by atoms with Crippen LogP contribution in [-0.4, -0.2) is 81.4 Å². The number of carbonyl (C=O) groups is 4. The quantitative estimate of drug-likeness (QED) is 0.183. The lowest BCUT2D eigenvalue weighted by Crippen LogP contribution is -2.50. The van der Waals surface area contributed by atoms with Crippen LogP contribution in [-0.2, 0) is 25.6 Å². The fourth-order valence-corrected chi connectivity index (χ4v) is 6.16. The molecule has 42 heavy (non-hydrogen) atoms. The lowest BCUT2D eigenvalue weighted by Gasteiger charge is -2.34. The van der Waals surface area contributed by atoms with Gasteiger partial charge in [-0.25, -0.2) is 4.98 Å². The van der Waals surface area contributed by atoms with Gasteiger partial charge in [0.15, 0.2) is 5.13 Å². The molecule has 1 saturated heterocycles. The summed E-state index contributed by atoms with van der Waals surface area (Å²) in [6, 6.07) is 15.5. The zero-order valence-corrected chi connectivity index (χ0v) is 25.1. The molecule has 1 aliphatic heterocycles. The van der Waals surface area contributed by atoms with Crippen molar-refractivity contribution in [3.8, 4) is 0 Å². The minimum Gasteiger partial charge on any atom is -0.340 e. The minimum absolute atomic E-state index is 0.0963. The minimum atomic E-state index is -0.701. The average molecular weight is 594 g/mol. The maximum absolute atomic E-state index is 12.8. The Kier molecular flexibility index (Phi) is 11.2. The van der Waals surface area contributed by atoms with Crippen molar-refractivity contribution in [3.63, 3.8) is 0 Å². The molecule has 0 aliphatic carbocycles. The van der Waals surface area contributed by atoms with Crippen LogP contribution in [0.2, 0.25) is 0 Å². The van der Waals surface area contributed by atoms with Crippen molar-refractivity contribution < 1.29 is 24.4 Å². The van der Waals surface area contributed by atoms with Crippen LogP contribution in [0.25, 0.3) is 10.2 Å². The number of fused-ring (bicyclic) bond motifs is 1. The van der Waals surface area contributed by atoms with Gasteiger partial charge in [-0.05, 0) is 43.4 Å². The van der Waals surface area contributed by atoms with E-state index in [4.69, 9.17) is 0 Å². The van der Waals surface area contributed by atoms with Crippen LogP contribution in [0.5, 0.6) is 0 Å². The average Bonchev–Trinajstić information content (AvgIpc) is 3.40. The monoisotopic (exact) mass is 593 g/mol. The summed E-state index contributed by atoms with van der Waals surface area (Å²) in [6.07, 6.45) is 3.55. The summed E-state index contributed by atoms with van der Waals surface area (Å²) in [7, 11) is 0. The lowest BCUT2D eigenvalue weighted by atomic mass is 9.92. The Morgan fingerprint density at radius 1 is 1.00 bits per heavy atom. The van der Waals surface area contributed by atoms with Gasteiger partial charge in [-0.15, -0.1) is 0 Å². The first-order valence-corrected chi connectivity index (χ1v) is 15.3. The molecule has 0 bridgehead atoms. The number of piperazine rings is 1. The number of rotatable bonds is 12. The zero-order valence-electron chi connectivity index (χ0n) is 24.3. The number of anilines is 1. The number of hydroxylamine groups is 2. The van der Waals surface area contributed by atoms with E-state index >= 15 is 0 Å². The standard InChI is InChI=1S/C31H39N5O5S/c1-22-10-9-14-26-29(22)33-31(42-26)32-27(38)21-34-16-18-35(19-17-34)28(39)15-8-4-7-13-25(30(40)36(41)23(2)37)20-24-11-5-3-6-12-24/h3,5-6,9-12,14,25,41H,4,7-8,13,15-21H2,1-2H3,(H,32,33,38). The number of hydrogen-bond donors (Lipinski definition) is 2. The number of nitrogens with zero attached hydrogens (tertiary/aromatic N) is 4. The van der Waals surface area contributed by atoms with Crippen LogP contribution >= 0.6 is 11.3 Å². The molecule has 0 saturated carbocycles. The van der Waals surface area contributed by atoms with Gasteiger partial charge in [0, 0.05) is 45.4 Å². The smallest absolute Gasteiger partial charge is 0.256 e. The molecule has 4 amide bonds. The van der Waals surface area contributed by atoms with Crippen LogP contribution in [0.3, 0.4) is 0 Å². The number of para-hydroxylation sites is 1. The van der Waals surface area contributed by atoms with Gasteiger partial charge < -0.3 is 10.2 Å². The highest BCUT2D eigenvalue weighted by atomic mass is 32.1. The van der Waals surface area contributed by atoms with Crippen molar-refractivity contribution in [2.24, 2.45) is 5.92 Å². The molecule has 1 unspecified atom stereocenters. The highest BCUT2D eigenvalue weighted by molar-refractivity contribution is 7.22. The van der Waals surface area contributed by atoms with Crippen LogP contribution in [0.15, 0.2) is 48.5 Å². The summed E-state index contributed by atoms with van der Waals surface area (Å²) in [4.78, 5) is 58.0. The Balaban J connectivity index is 1.15. The molecule has 1 atom stereocenters. The maximum atomic E-state index is 12.8. The number of amides is 4. The lowest BCUT2D eigenvalue weighted by molar-refractivity contribution is -0.180. The molecule has 1 fully saturated rings. The summed E-state index contributed by atoms with van der Waals surface area (Å²) in [5, 5.41) is 13.6. The molecular weight excluding hydrogens is 554 g/mol. The maximum Gasteiger partial charge on any atom is 0.256 e. The second-order valence-electron chi connectivity index (χ2n) is 10.8. The third kappa shape index (κ3) is 8.67. The number of carbonyl (C=O) groups excluding carboxylic acids is 4. The van der Waals surface area contributed by atoms with E-state index in [2.05, 4.69) is 10.3 Å². The Morgan fingerprint density at radius 2 is 1.74 bits per heavy atom. The molecule has 3 aromatic rings. The van der Waals surface area contributed by atoms with Crippen molar-refractivity contribution in [1.29, 1.82) is 0 Å². The number of nitrogens with one attached hydrogen (secondary N) is 1.